The quantitative estimate of drug-likeness (QED) is 0.289. The molecule has 0 aromatic rings. The van der Waals surface area contributed by atoms with Gasteiger partial charge in [-0.15, -0.1) is 0 Å². The van der Waals surface area contributed by atoms with E-state index in [1.54, 1.807) is 0 Å². The summed E-state index contributed by atoms with van der Waals surface area (Å²) in [6.07, 6.45) is 0.590. The summed E-state index contributed by atoms with van der Waals surface area (Å²) in [4.78, 5) is 22.1. The van der Waals surface area contributed by atoms with Crippen LogP contribution < -0.4 is 16.0 Å². The van der Waals surface area contributed by atoms with Gasteiger partial charge in [-0.25, -0.2) is 4.79 Å². The Kier molecular flexibility index (Phi) is 9.91. The van der Waals surface area contributed by atoms with Crippen molar-refractivity contribution in [3.8, 4) is 0 Å². The average molecular weight is 323 g/mol. The number of carboxylic acid groups (broad SMARTS) is 1. The van der Waals surface area contributed by atoms with Crippen molar-refractivity contribution >= 4 is 20.8 Å². The van der Waals surface area contributed by atoms with Crippen molar-refractivity contribution < 1.29 is 28.0 Å². The highest BCUT2D eigenvalue weighted by Gasteiger charge is 2.47. The number of urea groups is 1. The second kappa shape index (κ2) is 10.5. The molecule has 0 heterocycles. The van der Waals surface area contributed by atoms with E-state index in [2.05, 4.69) is 16.0 Å². The Bertz CT molecular complexity index is 319. The number of aliphatic carboxylic acids is 1. The van der Waals surface area contributed by atoms with Crippen molar-refractivity contribution in [2.45, 2.75) is 19.0 Å². The molecular formula is C11H25N3O6Si. The normalized spacial score (nSPS) is 12.8. The maximum Gasteiger partial charge on any atom is 0.523 e. The minimum absolute atomic E-state index is 0.145. The predicted octanol–water partition coefficient (Wildman–Crippen LogP) is -0.844. The summed E-state index contributed by atoms with van der Waals surface area (Å²) < 4.78 is 16.0. The van der Waals surface area contributed by atoms with Crippen LogP contribution >= 0.6 is 0 Å². The Morgan fingerprint density at radius 3 is 2.14 bits per heavy atom. The van der Waals surface area contributed by atoms with Crippen molar-refractivity contribution in [3.63, 3.8) is 0 Å². The van der Waals surface area contributed by atoms with Gasteiger partial charge in [0.15, 0.2) is 0 Å². The number of carbonyl (C=O) groups is 2. The summed E-state index contributed by atoms with van der Waals surface area (Å²) in [6, 6.07) is -0.387. The Morgan fingerprint density at radius 1 is 1.14 bits per heavy atom. The first kappa shape index (κ1) is 19.8. The first-order valence-electron chi connectivity index (χ1n) is 6.58. The fraction of sp³-hybridized carbons (Fsp3) is 0.818. The largest absolute Gasteiger partial charge is 0.523 e. The van der Waals surface area contributed by atoms with Crippen LogP contribution in [0.1, 0.15) is 13.3 Å². The van der Waals surface area contributed by atoms with Gasteiger partial charge in [0.05, 0.1) is 6.54 Å². The zero-order valence-corrected chi connectivity index (χ0v) is 13.9. The SMILES string of the molecule is CCC(NC(=O)NCCNCC(=O)O)[Si](OC)(OC)OC. The molecule has 0 bridgehead atoms. The molecule has 0 saturated heterocycles. The number of rotatable bonds is 11. The van der Waals surface area contributed by atoms with Crippen LogP contribution in [0, 0.1) is 0 Å². The van der Waals surface area contributed by atoms with E-state index in [4.69, 9.17) is 18.4 Å². The second-order valence-corrected chi connectivity index (χ2v) is 7.28. The van der Waals surface area contributed by atoms with E-state index in [-0.39, 0.29) is 18.2 Å². The molecule has 10 heteroatoms. The van der Waals surface area contributed by atoms with Gasteiger partial charge >= 0.3 is 20.8 Å². The van der Waals surface area contributed by atoms with Crippen LogP contribution in [-0.4, -0.2) is 72.5 Å². The number of hydrogen-bond acceptors (Lipinski definition) is 6. The highest BCUT2D eigenvalue weighted by molar-refractivity contribution is 6.62. The van der Waals surface area contributed by atoms with Gasteiger partial charge < -0.3 is 34.3 Å². The Morgan fingerprint density at radius 2 is 1.71 bits per heavy atom. The Labute approximate surface area is 125 Å². The van der Waals surface area contributed by atoms with E-state index in [9.17, 15) is 9.59 Å². The van der Waals surface area contributed by atoms with Crippen LogP contribution in [0.2, 0.25) is 0 Å². The van der Waals surface area contributed by atoms with Gasteiger partial charge in [-0.1, -0.05) is 6.92 Å². The van der Waals surface area contributed by atoms with Crippen molar-refractivity contribution in [2.75, 3.05) is 41.0 Å². The summed E-state index contributed by atoms with van der Waals surface area (Å²) in [6.45, 7) is 2.40. The summed E-state index contributed by atoms with van der Waals surface area (Å²) in [5, 5.41) is 16.5. The maximum atomic E-state index is 11.8. The molecule has 1 atom stereocenters. The van der Waals surface area contributed by atoms with Crippen LogP contribution in [0.5, 0.6) is 0 Å². The molecule has 2 amide bonds. The second-order valence-electron chi connectivity index (χ2n) is 4.15. The topological polar surface area (TPSA) is 118 Å². The molecule has 1 unspecified atom stereocenters. The standard InChI is InChI=1S/C11H25N3O6Si/c1-5-9(21(18-2,19-3)20-4)14-11(17)13-7-6-12-8-10(15)16/h9,12H,5-8H2,1-4H3,(H,15,16)(H2,13,14,17). The van der Waals surface area contributed by atoms with Crippen LogP contribution in [0.25, 0.3) is 0 Å². The smallest absolute Gasteiger partial charge is 0.480 e. The fourth-order valence-corrected chi connectivity index (χ4v) is 3.95. The molecule has 0 aliphatic carbocycles. The van der Waals surface area contributed by atoms with E-state index >= 15 is 0 Å². The lowest BCUT2D eigenvalue weighted by Crippen LogP contribution is -2.62. The number of carbonyl (C=O) groups excluding carboxylic acids is 1. The Hall–Kier alpha value is -1.20. The first-order valence-corrected chi connectivity index (χ1v) is 8.38. The molecule has 4 N–H and O–H groups in total. The van der Waals surface area contributed by atoms with Gasteiger partial charge in [0, 0.05) is 34.4 Å². The molecule has 0 aromatic carbocycles. The molecule has 0 spiro atoms. The number of amides is 2. The molecule has 21 heavy (non-hydrogen) atoms. The van der Waals surface area contributed by atoms with Crippen molar-refractivity contribution in [3.05, 3.63) is 0 Å². The minimum atomic E-state index is -2.94. The van der Waals surface area contributed by atoms with E-state index < -0.39 is 14.8 Å². The summed E-state index contributed by atoms with van der Waals surface area (Å²) >= 11 is 0. The van der Waals surface area contributed by atoms with Gasteiger partial charge in [0.1, 0.15) is 5.67 Å². The summed E-state index contributed by atoms with van der Waals surface area (Å²) in [5.41, 5.74) is -0.371. The summed E-state index contributed by atoms with van der Waals surface area (Å²) in [7, 11) is 1.51. The number of carboxylic acids is 1. The monoisotopic (exact) mass is 323 g/mol. The first-order chi connectivity index (χ1) is 9.95. The third-order valence-electron chi connectivity index (χ3n) is 2.86. The zero-order valence-electron chi connectivity index (χ0n) is 12.9. The predicted molar refractivity (Wildman–Crippen MR) is 77.9 cm³/mol. The van der Waals surface area contributed by atoms with Crippen LogP contribution in [0.15, 0.2) is 0 Å². The van der Waals surface area contributed by atoms with Gasteiger partial charge in [-0.05, 0) is 6.42 Å². The molecule has 0 fully saturated rings. The molecule has 0 rings (SSSR count). The summed E-state index contributed by atoms with van der Waals surface area (Å²) in [5.74, 6) is -0.943. The van der Waals surface area contributed by atoms with E-state index in [0.717, 1.165) is 0 Å². The highest BCUT2D eigenvalue weighted by atomic mass is 28.4. The molecule has 124 valence electrons. The van der Waals surface area contributed by atoms with E-state index in [1.165, 1.54) is 21.3 Å². The molecular weight excluding hydrogens is 298 g/mol. The van der Waals surface area contributed by atoms with Crippen molar-refractivity contribution in [1.29, 1.82) is 0 Å². The number of nitrogens with one attached hydrogen (secondary N) is 3. The molecule has 0 aromatic heterocycles. The lowest BCUT2D eigenvalue weighted by atomic mass is 10.5. The molecule has 0 saturated carbocycles. The van der Waals surface area contributed by atoms with Gasteiger partial charge in [0.25, 0.3) is 0 Å². The highest BCUT2D eigenvalue weighted by Crippen LogP contribution is 2.14. The molecule has 0 aliphatic heterocycles. The molecule has 9 nitrogen and oxygen atoms in total. The van der Waals surface area contributed by atoms with Crippen LogP contribution in [0.3, 0.4) is 0 Å². The lowest BCUT2D eigenvalue weighted by molar-refractivity contribution is -0.135. The van der Waals surface area contributed by atoms with Gasteiger partial charge in [-0.3, -0.25) is 4.79 Å². The molecule has 0 aliphatic rings. The average Bonchev–Trinajstić information content (AvgIpc) is 2.47. The minimum Gasteiger partial charge on any atom is -0.480 e. The Balaban J connectivity index is 4.23. The lowest BCUT2D eigenvalue weighted by Gasteiger charge is -2.32. The van der Waals surface area contributed by atoms with Gasteiger partial charge in [-0.2, -0.15) is 0 Å². The maximum absolute atomic E-state index is 11.8. The van der Waals surface area contributed by atoms with Gasteiger partial charge in [0.2, 0.25) is 0 Å². The third-order valence-corrected chi connectivity index (χ3v) is 5.97. The van der Waals surface area contributed by atoms with E-state index in [1.807, 2.05) is 6.92 Å². The van der Waals surface area contributed by atoms with Crippen LogP contribution in [0.4, 0.5) is 4.79 Å². The van der Waals surface area contributed by atoms with Crippen LogP contribution in [-0.2, 0) is 18.1 Å². The zero-order chi connectivity index (χ0) is 16.3. The number of hydrogen-bond donors (Lipinski definition) is 4. The fourth-order valence-electron chi connectivity index (χ4n) is 1.79. The molecule has 0 radical (unpaired) electrons. The van der Waals surface area contributed by atoms with Crippen molar-refractivity contribution in [1.82, 2.24) is 16.0 Å². The van der Waals surface area contributed by atoms with Crippen molar-refractivity contribution in [2.24, 2.45) is 0 Å². The third kappa shape index (κ3) is 6.86. The van der Waals surface area contributed by atoms with E-state index in [0.29, 0.717) is 19.5 Å².